The second-order valence-electron chi connectivity index (χ2n) is 5.27. The van der Waals surface area contributed by atoms with E-state index in [0.29, 0.717) is 6.42 Å². The summed E-state index contributed by atoms with van der Waals surface area (Å²) < 4.78 is 0. The standard InChI is InChI=1S/C18H22N2O/c1-4-6-17(21)19-15-9-11-16(12-10-15)20-18-13(2)7-5-8-14(18)3/h5,7-12,20H,4,6H2,1-3H3,(H,19,21). The molecule has 2 aromatic carbocycles. The molecule has 3 heteroatoms. The summed E-state index contributed by atoms with van der Waals surface area (Å²) in [6.45, 7) is 6.18. The fourth-order valence-corrected chi connectivity index (χ4v) is 2.24. The first kappa shape index (κ1) is 15.1. The molecular formula is C18H22N2O. The summed E-state index contributed by atoms with van der Waals surface area (Å²) in [5, 5.41) is 6.32. The molecule has 0 unspecified atom stereocenters. The van der Waals surface area contributed by atoms with Gasteiger partial charge in [-0.1, -0.05) is 25.1 Å². The van der Waals surface area contributed by atoms with Crippen molar-refractivity contribution in [3.63, 3.8) is 0 Å². The Morgan fingerprint density at radius 1 is 0.952 bits per heavy atom. The predicted molar refractivity (Wildman–Crippen MR) is 89.2 cm³/mol. The van der Waals surface area contributed by atoms with Crippen molar-refractivity contribution in [1.29, 1.82) is 0 Å². The van der Waals surface area contributed by atoms with Gasteiger partial charge in [-0.05, 0) is 55.7 Å². The zero-order chi connectivity index (χ0) is 15.2. The van der Waals surface area contributed by atoms with Crippen LogP contribution >= 0.6 is 0 Å². The van der Waals surface area contributed by atoms with E-state index in [1.807, 2.05) is 31.2 Å². The normalized spacial score (nSPS) is 10.2. The molecule has 110 valence electrons. The fourth-order valence-electron chi connectivity index (χ4n) is 2.24. The molecular weight excluding hydrogens is 260 g/mol. The van der Waals surface area contributed by atoms with Crippen molar-refractivity contribution in [2.45, 2.75) is 33.6 Å². The molecule has 0 bridgehead atoms. The second-order valence-corrected chi connectivity index (χ2v) is 5.27. The van der Waals surface area contributed by atoms with Crippen LogP contribution in [0.2, 0.25) is 0 Å². The molecule has 0 atom stereocenters. The number of anilines is 3. The lowest BCUT2D eigenvalue weighted by molar-refractivity contribution is -0.116. The van der Waals surface area contributed by atoms with Crippen molar-refractivity contribution in [3.8, 4) is 0 Å². The van der Waals surface area contributed by atoms with Gasteiger partial charge in [-0.15, -0.1) is 0 Å². The summed E-state index contributed by atoms with van der Waals surface area (Å²) in [5.74, 6) is 0.0629. The average molecular weight is 282 g/mol. The van der Waals surface area contributed by atoms with Gasteiger partial charge in [0.25, 0.3) is 0 Å². The SMILES string of the molecule is CCCC(=O)Nc1ccc(Nc2c(C)cccc2C)cc1. The lowest BCUT2D eigenvalue weighted by atomic mass is 10.1. The summed E-state index contributed by atoms with van der Waals surface area (Å²) in [6, 6.07) is 14.0. The van der Waals surface area contributed by atoms with Gasteiger partial charge in [-0.25, -0.2) is 0 Å². The Morgan fingerprint density at radius 2 is 1.52 bits per heavy atom. The first-order valence-corrected chi connectivity index (χ1v) is 7.33. The molecule has 2 aromatic rings. The van der Waals surface area contributed by atoms with E-state index < -0.39 is 0 Å². The first-order valence-electron chi connectivity index (χ1n) is 7.33. The van der Waals surface area contributed by atoms with Crippen molar-refractivity contribution >= 4 is 23.0 Å². The first-order chi connectivity index (χ1) is 10.1. The molecule has 0 aliphatic heterocycles. The molecule has 0 heterocycles. The van der Waals surface area contributed by atoms with Crippen molar-refractivity contribution in [1.82, 2.24) is 0 Å². The number of para-hydroxylation sites is 1. The third-order valence-electron chi connectivity index (χ3n) is 3.40. The van der Waals surface area contributed by atoms with Gasteiger partial charge in [0.1, 0.15) is 0 Å². The average Bonchev–Trinajstić information content (AvgIpc) is 2.45. The fraction of sp³-hybridized carbons (Fsp3) is 0.278. The maximum atomic E-state index is 11.6. The van der Waals surface area contributed by atoms with Crippen LogP contribution in [0, 0.1) is 13.8 Å². The van der Waals surface area contributed by atoms with Gasteiger partial charge in [-0.2, -0.15) is 0 Å². The van der Waals surface area contributed by atoms with E-state index in [-0.39, 0.29) is 5.91 Å². The third-order valence-corrected chi connectivity index (χ3v) is 3.40. The maximum absolute atomic E-state index is 11.6. The Labute approximate surface area is 126 Å². The predicted octanol–water partition coefficient (Wildman–Crippen LogP) is 4.79. The maximum Gasteiger partial charge on any atom is 0.224 e. The highest BCUT2D eigenvalue weighted by atomic mass is 16.1. The van der Waals surface area contributed by atoms with E-state index in [1.54, 1.807) is 0 Å². The van der Waals surface area contributed by atoms with E-state index in [0.717, 1.165) is 23.5 Å². The molecule has 21 heavy (non-hydrogen) atoms. The Balaban J connectivity index is 2.07. The van der Waals surface area contributed by atoms with Crippen LogP contribution in [-0.4, -0.2) is 5.91 Å². The number of carbonyl (C=O) groups is 1. The molecule has 2 N–H and O–H groups in total. The van der Waals surface area contributed by atoms with Crippen molar-refractivity contribution < 1.29 is 4.79 Å². The highest BCUT2D eigenvalue weighted by Gasteiger charge is 2.03. The number of hydrogen-bond acceptors (Lipinski definition) is 2. The molecule has 0 aliphatic carbocycles. The highest BCUT2D eigenvalue weighted by molar-refractivity contribution is 5.90. The number of rotatable bonds is 5. The van der Waals surface area contributed by atoms with Crippen LogP contribution in [0.25, 0.3) is 0 Å². The summed E-state index contributed by atoms with van der Waals surface area (Å²) in [7, 11) is 0. The van der Waals surface area contributed by atoms with Crippen molar-refractivity contribution in [2.75, 3.05) is 10.6 Å². The third kappa shape index (κ3) is 4.09. The Kier molecular flexibility index (Phi) is 4.99. The topological polar surface area (TPSA) is 41.1 Å². The van der Waals surface area contributed by atoms with E-state index >= 15 is 0 Å². The van der Waals surface area contributed by atoms with Crippen LogP contribution in [0.1, 0.15) is 30.9 Å². The van der Waals surface area contributed by atoms with E-state index in [1.165, 1.54) is 11.1 Å². The van der Waals surface area contributed by atoms with Gasteiger partial charge in [0.2, 0.25) is 5.91 Å². The van der Waals surface area contributed by atoms with E-state index in [4.69, 9.17) is 0 Å². The number of nitrogens with one attached hydrogen (secondary N) is 2. The number of carbonyl (C=O) groups excluding carboxylic acids is 1. The van der Waals surface area contributed by atoms with E-state index in [9.17, 15) is 4.79 Å². The van der Waals surface area contributed by atoms with E-state index in [2.05, 4.69) is 42.7 Å². The van der Waals surface area contributed by atoms with Crippen molar-refractivity contribution in [2.24, 2.45) is 0 Å². The molecule has 1 amide bonds. The minimum absolute atomic E-state index is 0.0629. The zero-order valence-corrected chi connectivity index (χ0v) is 12.9. The van der Waals surface area contributed by atoms with Gasteiger partial charge in [0.05, 0.1) is 0 Å². The molecule has 0 aromatic heterocycles. The highest BCUT2D eigenvalue weighted by Crippen LogP contribution is 2.25. The summed E-state index contributed by atoms with van der Waals surface area (Å²) in [5.41, 5.74) is 5.42. The molecule has 0 spiro atoms. The number of aryl methyl sites for hydroxylation is 2. The van der Waals surface area contributed by atoms with Crippen LogP contribution in [-0.2, 0) is 4.79 Å². The molecule has 0 saturated heterocycles. The van der Waals surface area contributed by atoms with Gasteiger partial charge in [0.15, 0.2) is 0 Å². The van der Waals surface area contributed by atoms with Crippen LogP contribution in [0.15, 0.2) is 42.5 Å². The summed E-state index contributed by atoms with van der Waals surface area (Å²) >= 11 is 0. The largest absolute Gasteiger partial charge is 0.355 e. The molecule has 0 saturated carbocycles. The number of benzene rings is 2. The van der Waals surface area contributed by atoms with Gasteiger partial charge < -0.3 is 10.6 Å². The second kappa shape index (κ2) is 6.93. The number of hydrogen-bond donors (Lipinski definition) is 2. The van der Waals surface area contributed by atoms with Gasteiger partial charge in [0, 0.05) is 23.5 Å². The number of amides is 1. The monoisotopic (exact) mass is 282 g/mol. The van der Waals surface area contributed by atoms with Crippen molar-refractivity contribution in [3.05, 3.63) is 53.6 Å². The Bertz CT molecular complexity index is 597. The minimum atomic E-state index is 0.0629. The van der Waals surface area contributed by atoms with Crippen LogP contribution < -0.4 is 10.6 Å². The Hall–Kier alpha value is -2.29. The Morgan fingerprint density at radius 3 is 2.10 bits per heavy atom. The van der Waals surface area contributed by atoms with Crippen LogP contribution in [0.3, 0.4) is 0 Å². The van der Waals surface area contributed by atoms with Gasteiger partial charge in [-0.3, -0.25) is 4.79 Å². The van der Waals surface area contributed by atoms with Gasteiger partial charge >= 0.3 is 0 Å². The summed E-state index contributed by atoms with van der Waals surface area (Å²) in [6.07, 6.45) is 1.42. The summed E-state index contributed by atoms with van der Waals surface area (Å²) in [4.78, 5) is 11.6. The zero-order valence-electron chi connectivity index (χ0n) is 12.9. The lowest BCUT2D eigenvalue weighted by Crippen LogP contribution is -2.10. The lowest BCUT2D eigenvalue weighted by Gasteiger charge is -2.13. The smallest absolute Gasteiger partial charge is 0.224 e. The molecule has 0 aliphatic rings. The molecule has 2 rings (SSSR count). The molecule has 0 fully saturated rings. The van der Waals surface area contributed by atoms with Crippen LogP contribution in [0.5, 0.6) is 0 Å². The molecule has 0 radical (unpaired) electrons. The van der Waals surface area contributed by atoms with Crippen LogP contribution in [0.4, 0.5) is 17.1 Å². The quantitative estimate of drug-likeness (QED) is 0.828. The molecule has 3 nitrogen and oxygen atoms in total. The minimum Gasteiger partial charge on any atom is -0.355 e.